The van der Waals surface area contributed by atoms with Gasteiger partial charge in [-0.2, -0.15) is 0 Å². The molecule has 90 valence electrons. The Hall–Kier alpha value is -0.820. The van der Waals surface area contributed by atoms with Crippen LogP contribution in [0.4, 0.5) is 4.39 Å². The Labute approximate surface area is 98.9 Å². The van der Waals surface area contributed by atoms with E-state index in [1.807, 2.05) is 0 Å². The summed E-state index contributed by atoms with van der Waals surface area (Å²) in [5, 5.41) is 23.8. The lowest BCUT2D eigenvalue weighted by Crippen LogP contribution is -2.38. The molecule has 1 rings (SSSR count). The fourth-order valence-electron chi connectivity index (χ4n) is 1.18. The van der Waals surface area contributed by atoms with Crippen molar-refractivity contribution in [2.24, 2.45) is 0 Å². The molecule has 0 bridgehead atoms. The Morgan fingerprint density at radius 1 is 1.38 bits per heavy atom. The van der Waals surface area contributed by atoms with Crippen molar-refractivity contribution >= 4 is 12.6 Å². The summed E-state index contributed by atoms with van der Waals surface area (Å²) in [7, 11) is 0. The number of aliphatic hydroxyl groups is 1. The van der Waals surface area contributed by atoms with Gasteiger partial charge in [0.25, 0.3) is 0 Å². The minimum Gasteiger partial charge on any atom is -0.508 e. The first kappa shape index (κ1) is 13.2. The molecular weight excluding hydrogens is 231 g/mol. The number of aliphatic hydroxyl groups excluding tert-OH is 1. The predicted molar refractivity (Wildman–Crippen MR) is 62.8 cm³/mol. The summed E-state index contributed by atoms with van der Waals surface area (Å²) in [6.45, 7) is 0.719. The SMILES string of the molecule is OCCNC(S)NCc1cc(F)ccc1O. The van der Waals surface area contributed by atoms with E-state index in [1.54, 1.807) is 0 Å². The van der Waals surface area contributed by atoms with Gasteiger partial charge in [0.2, 0.25) is 0 Å². The summed E-state index contributed by atoms with van der Waals surface area (Å²) >= 11 is 4.15. The largest absolute Gasteiger partial charge is 0.508 e. The van der Waals surface area contributed by atoms with E-state index in [0.29, 0.717) is 12.1 Å². The van der Waals surface area contributed by atoms with Crippen LogP contribution in [-0.4, -0.2) is 28.9 Å². The van der Waals surface area contributed by atoms with Crippen LogP contribution >= 0.6 is 12.6 Å². The molecule has 0 aliphatic heterocycles. The molecule has 1 unspecified atom stereocenters. The van der Waals surface area contributed by atoms with E-state index in [-0.39, 0.29) is 24.4 Å². The first-order valence-corrected chi connectivity index (χ1v) is 5.38. The maximum Gasteiger partial charge on any atom is 0.123 e. The minimum absolute atomic E-state index is 0.0178. The fourth-order valence-corrected chi connectivity index (χ4v) is 1.40. The van der Waals surface area contributed by atoms with Crippen LogP contribution in [0.2, 0.25) is 0 Å². The van der Waals surface area contributed by atoms with Crippen LogP contribution in [0.25, 0.3) is 0 Å². The Balaban J connectivity index is 2.44. The Morgan fingerprint density at radius 3 is 2.81 bits per heavy atom. The first-order chi connectivity index (χ1) is 7.63. The lowest BCUT2D eigenvalue weighted by molar-refractivity contribution is 0.288. The molecule has 0 saturated heterocycles. The van der Waals surface area contributed by atoms with Gasteiger partial charge in [0.05, 0.1) is 6.61 Å². The first-order valence-electron chi connectivity index (χ1n) is 4.86. The van der Waals surface area contributed by atoms with Crippen molar-refractivity contribution in [1.29, 1.82) is 0 Å². The third-order valence-electron chi connectivity index (χ3n) is 1.98. The number of halogens is 1. The molecule has 6 heteroatoms. The molecule has 0 saturated carbocycles. The zero-order chi connectivity index (χ0) is 12.0. The van der Waals surface area contributed by atoms with Crippen LogP contribution in [0.5, 0.6) is 5.75 Å². The lowest BCUT2D eigenvalue weighted by Gasteiger charge is -2.14. The summed E-state index contributed by atoms with van der Waals surface area (Å²) in [4.78, 5) is 0. The molecule has 1 aromatic carbocycles. The van der Waals surface area contributed by atoms with Crippen molar-refractivity contribution in [3.63, 3.8) is 0 Å². The van der Waals surface area contributed by atoms with Gasteiger partial charge in [-0.05, 0) is 18.2 Å². The van der Waals surface area contributed by atoms with E-state index in [4.69, 9.17) is 5.11 Å². The van der Waals surface area contributed by atoms with Gasteiger partial charge in [0.1, 0.15) is 17.1 Å². The topological polar surface area (TPSA) is 64.5 Å². The van der Waals surface area contributed by atoms with E-state index >= 15 is 0 Å². The highest BCUT2D eigenvalue weighted by molar-refractivity contribution is 7.80. The van der Waals surface area contributed by atoms with Gasteiger partial charge in [-0.3, -0.25) is 10.6 Å². The summed E-state index contributed by atoms with van der Waals surface area (Å²) in [5.74, 6) is -0.356. The molecule has 16 heavy (non-hydrogen) atoms. The van der Waals surface area contributed by atoms with Crippen LogP contribution in [0.3, 0.4) is 0 Å². The number of hydrogen-bond acceptors (Lipinski definition) is 5. The molecule has 0 radical (unpaired) electrons. The van der Waals surface area contributed by atoms with E-state index in [0.717, 1.165) is 0 Å². The quantitative estimate of drug-likeness (QED) is 0.373. The fraction of sp³-hybridized carbons (Fsp3) is 0.400. The Morgan fingerprint density at radius 2 is 2.12 bits per heavy atom. The van der Waals surface area contributed by atoms with Crippen molar-refractivity contribution in [3.8, 4) is 5.75 Å². The van der Waals surface area contributed by atoms with Crippen molar-refractivity contribution < 1.29 is 14.6 Å². The second kappa shape index (κ2) is 6.70. The molecular formula is C10H15FN2O2S. The van der Waals surface area contributed by atoms with Gasteiger partial charge in [-0.1, -0.05) is 0 Å². The van der Waals surface area contributed by atoms with E-state index in [2.05, 4.69) is 23.3 Å². The van der Waals surface area contributed by atoms with Crippen molar-refractivity contribution in [2.75, 3.05) is 13.2 Å². The van der Waals surface area contributed by atoms with E-state index < -0.39 is 5.82 Å². The summed E-state index contributed by atoms with van der Waals surface area (Å²) in [5.41, 5.74) is 0.139. The highest BCUT2D eigenvalue weighted by Crippen LogP contribution is 2.17. The number of hydrogen-bond donors (Lipinski definition) is 5. The lowest BCUT2D eigenvalue weighted by atomic mass is 10.2. The standard InChI is InChI=1S/C10H15FN2O2S/c11-8-1-2-9(15)7(5-8)6-13-10(16)12-3-4-14/h1-2,5,10,12-16H,3-4,6H2. The smallest absolute Gasteiger partial charge is 0.123 e. The predicted octanol–water partition coefficient (Wildman–Crippen LogP) is 0.416. The number of aromatic hydroxyl groups is 1. The molecule has 0 spiro atoms. The van der Waals surface area contributed by atoms with Crippen LogP contribution in [0.1, 0.15) is 5.56 Å². The number of rotatable bonds is 6. The summed E-state index contributed by atoms with van der Waals surface area (Å²) in [6.07, 6.45) is 0. The van der Waals surface area contributed by atoms with Crippen LogP contribution in [0.15, 0.2) is 18.2 Å². The Bertz CT molecular complexity index is 339. The number of phenols is 1. The average molecular weight is 246 g/mol. The van der Waals surface area contributed by atoms with Gasteiger partial charge >= 0.3 is 0 Å². The Kier molecular flexibility index (Phi) is 5.54. The van der Waals surface area contributed by atoms with E-state index in [1.165, 1.54) is 18.2 Å². The molecule has 0 aliphatic carbocycles. The summed E-state index contributed by atoms with van der Waals surface area (Å²) in [6, 6.07) is 3.76. The molecule has 4 N–H and O–H groups in total. The molecule has 4 nitrogen and oxygen atoms in total. The van der Waals surface area contributed by atoms with Crippen molar-refractivity contribution in [1.82, 2.24) is 10.6 Å². The van der Waals surface area contributed by atoms with Gasteiger partial charge < -0.3 is 10.2 Å². The molecule has 0 aliphatic rings. The highest BCUT2D eigenvalue weighted by atomic mass is 32.1. The number of benzene rings is 1. The second-order valence-corrected chi connectivity index (χ2v) is 3.75. The number of thiol groups is 1. The monoisotopic (exact) mass is 246 g/mol. The van der Waals surface area contributed by atoms with Crippen molar-refractivity contribution in [2.45, 2.75) is 12.0 Å². The number of nitrogens with one attached hydrogen (secondary N) is 2. The third kappa shape index (κ3) is 4.36. The maximum absolute atomic E-state index is 12.9. The maximum atomic E-state index is 12.9. The van der Waals surface area contributed by atoms with Crippen LogP contribution in [0, 0.1) is 5.82 Å². The highest BCUT2D eigenvalue weighted by Gasteiger charge is 2.05. The molecule has 0 amide bonds. The molecule has 0 aromatic heterocycles. The average Bonchev–Trinajstić information content (AvgIpc) is 2.27. The van der Waals surface area contributed by atoms with Crippen LogP contribution < -0.4 is 10.6 Å². The molecule has 1 aromatic rings. The van der Waals surface area contributed by atoms with Gasteiger partial charge in [-0.25, -0.2) is 4.39 Å². The molecule has 0 fully saturated rings. The molecule has 0 heterocycles. The number of phenolic OH excluding ortho intramolecular Hbond substituents is 1. The van der Waals surface area contributed by atoms with E-state index in [9.17, 15) is 9.50 Å². The van der Waals surface area contributed by atoms with Crippen LogP contribution in [-0.2, 0) is 6.54 Å². The van der Waals surface area contributed by atoms with Gasteiger partial charge in [0, 0.05) is 18.7 Å². The second-order valence-electron chi connectivity index (χ2n) is 3.23. The summed E-state index contributed by atoms with van der Waals surface area (Å²) < 4.78 is 12.9. The zero-order valence-electron chi connectivity index (χ0n) is 8.65. The van der Waals surface area contributed by atoms with Crippen molar-refractivity contribution in [3.05, 3.63) is 29.6 Å². The minimum atomic E-state index is -0.395. The molecule has 1 atom stereocenters. The third-order valence-corrected chi connectivity index (χ3v) is 2.34. The van der Waals surface area contributed by atoms with Gasteiger partial charge in [0.15, 0.2) is 0 Å². The van der Waals surface area contributed by atoms with Gasteiger partial charge in [-0.15, -0.1) is 12.6 Å². The normalized spacial score (nSPS) is 12.7. The zero-order valence-corrected chi connectivity index (χ0v) is 9.54.